The van der Waals surface area contributed by atoms with Crippen LogP contribution in [0.15, 0.2) is 30.3 Å². The highest BCUT2D eigenvalue weighted by Gasteiger charge is 2.31. The minimum absolute atomic E-state index is 0.322. The average Bonchev–Trinajstić information content (AvgIpc) is 2.29. The number of Topliss-reactive ketones (excluding diaryl/α,β-unsaturated/α-hetero) is 4. The Hall–Kier alpha value is -2.10. The minimum atomic E-state index is -1.16. The number of carbonyl (C=O) groups is 4. The van der Waals surface area contributed by atoms with Crippen LogP contribution in [0.5, 0.6) is 0 Å². The number of rotatable bonds is 6. The third-order valence-corrected chi connectivity index (χ3v) is 2.49. The van der Waals surface area contributed by atoms with Crippen molar-refractivity contribution in [3.63, 3.8) is 0 Å². The fourth-order valence-electron chi connectivity index (χ4n) is 1.68. The first kappa shape index (κ1) is 14.0. The zero-order valence-electron chi connectivity index (χ0n) is 10.3. The largest absolute Gasteiger partial charge is 0.300 e. The van der Waals surface area contributed by atoms with Crippen molar-refractivity contribution < 1.29 is 19.2 Å². The Kier molecular flexibility index (Phi) is 4.66. The SMILES string of the molecule is CC(=O)CC(=O)C(C(=O)C(C)=O)c1ccccc1. The fourth-order valence-corrected chi connectivity index (χ4v) is 1.68. The normalized spacial score (nSPS) is 11.7. The second-order valence-electron chi connectivity index (χ2n) is 4.11. The molecule has 4 nitrogen and oxygen atoms in total. The topological polar surface area (TPSA) is 68.3 Å². The van der Waals surface area contributed by atoms with Gasteiger partial charge in [-0.3, -0.25) is 19.2 Å². The molecule has 1 aromatic carbocycles. The fraction of sp³-hybridized carbons (Fsp3) is 0.286. The van der Waals surface area contributed by atoms with Crippen LogP contribution in [-0.2, 0) is 19.2 Å². The molecule has 0 radical (unpaired) electrons. The molecule has 4 heteroatoms. The summed E-state index contributed by atoms with van der Waals surface area (Å²) in [6.45, 7) is 2.40. The summed E-state index contributed by atoms with van der Waals surface area (Å²) in [5.41, 5.74) is 0.448. The Balaban J connectivity index is 3.11. The summed E-state index contributed by atoms with van der Waals surface area (Å²) >= 11 is 0. The van der Waals surface area contributed by atoms with Gasteiger partial charge in [0.15, 0.2) is 11.6 Å². The average molecular weight is 246 g/mol. The monoisotopic (exact) mass is 246 g/mol. The lowest BCUT2D eigenvalue weighted by atomic mass is 9.87. The summed E-state index contributed by atoms with van der Waals surface area (Å²) in [5.74, 6) is -3.47. The Bertz CT molecular complexity index is 488. The second-order valence-corrected chi connectivity index (χ2v) is 4.11. The van der Waals surface area contributed by atoms with Gasteiger partial charge in [-0.2, -0.15) is 0 Å². The molecule has 0 amide bonds. The van der Waals surface area contributed by atoms with Gasteiger partial charge in [-0.05, 0) is 12.5 Å². The van der Waals surface area contributed by atoms with E-state index in [1.54, 1.807) is 30.3 Å². The molecule has 18 heavy (non-hydrogen) atoms. The molecular formula is C14H14O4. The lowest BCUT2D eigenvalue weighted by Crippen LogP contribution is -2.28. The number of carbonyl (C=O) groups excluding carboxylic acids is 4. The number of hydrogen-bond donors (Lipinski definition) is 0. The number of hydrogen-bond acceptors (Lipinski definition) is 4. The molecule has 0 spiro atoms. The van der Waals surface area contributed by atoms with Crippen LogP contribution in [0.2, 0.25) is 0 Å². The Labute approximate surface area is 105 Å². The molecule has 1 aromatic rings. The lowest BCUT2D eigenvalue weighted by Gasteiger charge is -2.12. The first-order valence-electron chi connectivity index (χ1n) is 5.55. The van der Waals surface area contributed by atoms with Gasteiger partial charge < -0.3 is 0 Å². The molecule has 1 unspecified atom stereocenters. The highest BCUT2D eigenvalue weighted by molar-refractivity contribution is 6.42. The standard InChI is InChI=1S/C14H14O4/c1-9(15)8-12(17)13(14(18)10(2)16)11-6-4-3-5-7-11/h3-7,13H,8H2,1-2H3. The van der Waals surface area contributed by atoms with E-state index in [0.29, 0.717) is 5.56 Å². The Morgan fingerprint density at radius 1 is 1.00 bits per heavy atom. The summed E-state index contributed by atoms with van der Waals surface area (Å²) in [6, 6.07) is 8.30. The maximum atomic E-state index is 11.9. The van der Waals surface area contributed by atoms with Gasteiger partial charge in [0.25, 0.3) is 0 Å². The van der Waals surface area contributed by atoms with E-state index in [9.17, 15) is 19.2 Å². The molecular weight excluding hydrogens is 232 g/mol. The van der Waals surface area contributed by atoms with Crippen molar-refractivity contribution in [3.05, 3.63) is 35.9 Å². The zero-order chi connectivity index (χ0) is 13.7. The van der Waals surface area contributed by atoms with Gasteiger partial charge in [0.05, 0.1) is 6.42 Å². The molecule has 0 fully saturated rings. The Morgan fingerprint density at radius 2 is 1.56 bits per heavy atom. The van der Waals surface area contributed by atoms with Gasteiger partial charge >= 0.3 is 0 Å². The van der Waals surface area contributed by atoms with Gasteiger partial charge in [0, 0.05) is 6.92 Å². The van der Waals surface area contributed by atoms with Crippen molar-refractivity contribution in [1.82, 2.24) is 0 Å². The van der Waals surface area contributed by atoms with Crippen LogP contribution in [0, 0.1) is 0 Å². The second kappa shape index (κ2) is 6.00. The zero-order valence-corrected chi connectivity index (χ0v) is 10.3. The number of benzene rings is 1. The van der Waals surface area contributed by atoms with E-state index in [4.69, 9.17) is 0 Å². The molecule has 0 aromatic heterocycles. The first-order valence-corrected chi connectivity index (χ1v) is 5.55. The van der Waals surface area contributed by atoms with Crippen molar-refractivity contribution in [2.24, 2.45) is 0 Å². The van der Waals surface area contributed by atoms with E-state index in [1.165, 1.54) is 6.92 Å². The van der Waals surface area contributed by atoms with E-state index < -0.39 is 23.3 Å². The van der Waals surface area contributed by atoms with Crippen LogP contribution in [0.1, 0.15) is 31.7 Å². The summed E-state index contributed by atoms with van der Waals surface area (Å²) in [4.78, 5) is 45.8. The molecule has 1 atom stereocenters. The highest BCUT2D eigenvalue weighted by atomic mass is 16.2. The molecule has 0 N–H and O–H groups in total. The molecule has 94 valence electrons. The predicted octanol–water partition coefficient (Wildman–Crippen LogP) is 1.48. The van der Waals surface area contributed by atoms with Crippen molar-refractivity contribution in [2.45, 2.75) is 26.2 Å². The van der Waals surface area contributed by atoms with Gasteiger partial charge in [-0.15, -0.1) is 0 Å². The molecule has 0 saturated carbocycles. The van der Waals surface area contributed by atoms with E-state index >= 15 is 0 Å². The summed E-state index contributed by atoms with van der Waals surface area (Å²) < 4.78 is 0. The molecule has 1 rings (SSSR count). The van der Waals surface area contributed by atoms with Gasteiger partial charge in [-0.1, -0.05) is 30.3 Å². The van der Waals surface area contributed by atoms with Crippen LogP contribution in [0.4, 0.5) is 0 Å². The predicted molar refractivity (Wildman–Crippen MR) is 65.2 cm³/mol. The molecule has 0 bridgehead atoms. The molecule has 0 aliphatic carbocycles. The maximum Gasteiger partial charge on any atom is 0.212 e. The van der Waals surface area contributed by atoms with Gasteiger partial charge in [-0.25, -0.2) is 0 Å². The Morgan fingerprint density at radius 3 is 2.00 bits per heavy atom. The third kappa shape index (κ3) is 3.45. The summed E-state index contributed by atoms with van der Waals surface area (Å²) in [5, 5.41) is 0. The van der Waals surface area contributed by atoms with E-state index in [0.717, 1.165) is 6.92 Å². The molecule has 0 aliphatic rings. The van der Waals surface area contributed by atoms with Crippen molar-refractivity contribution in [2.75, 3.05) is 0 Å². The third-order valence-electron chi connectivity index (χ3n) is 2.49. The number of ketones is 4. The van der Waals surface area contributed by atoms with Crippen LogP contribution >= 0.6 is 0 Å². The van der Waals surface area contributed by atoms with Gasteiger partial charge in [0.1, 0.15) is 11.7 Å². The smallest absolute Gasteiger partial charge is 0.212 e. The highest BCUT2D eigenvalue weighted by Crippen LogP contribution is 2.20. The quantitative estimate of drug-likeness (QED) is 0.563. The van der Waals surface area contributed by atoms with E-state index in [-0.39, 0.29) is 12.2 Å². The van der Waals surface area contributed by atoms with Gasteiger partial charge in [0.2, 0.25) is 5.78 Å². The van der Waals surface area contributed by atoms with Crippen LogP contribution in [0.25, 0.3) is 0 Å². The van der Waals surface area contributed by atoms with Crippen LogP contribution in [0.3, 0.4) is 0 Å². The maximum absolute atomic E-state index is 11.9. The molecule has 0 aliphatic heterocycles. The van der Waals surface area contributed by atoms with Crippen molar-refractivity contribution >= 4 is 23.1 Å². The summed E-state index contributed by atoms with van der Waals surface area (Å²) in [7, 11) is 0. The first-order chi connectivity index (χ1) is 8.43. The lowest BCUT2D eigenvalue weighted by molar-refractivity contribution is -0.139. The molecule has 0 saturated heterocycles. The minimum Gasteiger partial charge on any atom is -0.300 e. The summed E-state index contributed by atoms with van der Waals surface area (Å²) in [6.07, 6.45) is -0.335. The molecule has 0 heterocycles. The van der Waals surface area contributed by atoms with Crippen LogP contribution in [-0.4, -0.2) is 23.1 Å². The van der Waals surface area contributed by atoms with Crippen molar-refractivity contribution in [3.8, 4) is 0 Å². The van der Waals surface area contributed by atoms with E-state index in [1.807, 2.05) is 0 Å². The van der Waals surface area contributed by atoms with E-state index in [2.05, 4.69) is 0 Å². The van der Waals surface area contributed by atoms with Crippen LogP contribution < -0.4 is 0 Å². The van der Waals surface area contributed by atoms with Crippen molar-refractivity contribution in [1.29, 1.82) is 0 Å².